The summed E-state index contributed by atoms with van der Waals surface area (Å²) < 4.78 is 0. The van der Waals surface area contributed by atoms with Gasteiger partial charge in [0.2, 0.25) is 0 Å². The number of aryl methyl sites for hydroxylation is 1. The molecular formula is C9H8ClN. The van der Waals surface area contributed by atoms with Crippen LogP contribution in [0.1, 0.15) is 17.5 Å². The van der Waals surface area contributed by atoms with E-state index in [2.05, 4.69) is 0 Å². The first-order valence-corrected chi connectivity index (χ1v) is 4.01. The summed E-state index contributed by atoms with van der Waals surface area (Å²) in [6.45, 7) is 0. The zero-order chi connectivity index (χ0) is 7.84. The van der Waals surface area contributed by atoms with Gasteiger partial charge in [-0.15, -0.1) is 0 Å². The van der Waals surface area contributed by atoms with Gasteiger partial charge in [0.15, 0.2) is 0 Å². The van der Waals surface area contributed by atoms with Gasteiger partial charge in [0.25, 0.3) is 0 Å². The Morgan fingerprint density at radius 2 is 2.09 bits per heavy atom. The zero-order valence-electron chi connectivity index (χ0n) is 6.02. The number of hydrogen-bond acceptors (Lipinski definition) is 1. The molecule has 1 nitrogen and oxygen atoms in total. The highest BCUT2D eigenvalue weighted by Crippen LogP contribution is 2.24. The minimum absolute atomic E-state index is 0.725. The minimum Gasteiger partial charge on any atom is -0.305 e. The van der Waals surface area contributed by atoms with Gasteiger partial charge in [0.05, 0.1) is 0 Å². The Morgan fingerprint density at radius 1 is 1.27 bits per heavy atom. The Labute approximate surface area is 70.5 Å². The van der Waals surface area contributed by atoms with E-state index in [-0.39, 0.29) is 0 Å². The molecule has 0 bridgehead atoms. The van der Waals surface area contributed by atoms with Crippen LogP contribution in [0.3, 0.4) is 0 Å². The van der Waals surface area contributed by atoms with E-state index in [0.717, 1.165) is 29.1 Å². The molecule has 0 heterocycles. The molecule has 0 atom stereocenters. The van der Waals surface area contributed by atoms with E-state index in [1.54, 1.807) is 0 Å². The van der Waals surface area contributed by atoms with Crippen LogP contribution in [-0.4, -0.2) is 5.71 Å². The van der Waals surface area contributed by atoms with Gasteiger partial charge in [-0.3, -0.25) is 0 Å². The molecule has 1 N–H and O–H groups in total. The van der Waals surface area contributed by atoms with Crippen molar-refractivity contribution < 1.29 is 0 Å². The highest BCUT2D eigenvalue weighted by atomic mass is 35.5. The number of rotatable bonds is 0. The Balaban J connectivity index is 2.60. The molecule has 0 saturated heterocycles. The molecule has 0 spiro atoms. The van der Waals surface area contributed by atoms with Crippen molar-refractivity contribution in [2.24, 2.45) is 0 Å². The van der Waals surface area contributed by atoms with Crippen LogP contribution in [0.5, 0.6) is 0 Å². The van der Waals surface area contributed by atoms with E-state index in [9.17, 15) is 0 Å². The molecule has 1 aromatic carbocycles. The molecule has 11 heavy (non-hydrogen) atoms. The quantitative estimate of drug-likeness (QED) is 0.611. The Bertz CT molecular complexity index is 317. The van der Waals surface area contributed by atoms with Crippen LogP contribution in [0.4, 0.5) is 0 Å². The van der Waals surface area contributed by atoms with Crippen LogP contribution in [-0.2, 0) is 6.42 Å². The molecule has 0 amide bonds. The normalized spacial score (nSPS) is 15.2. The Kier molecular flexibility index (Phi) is 1.46. The third kappa shape index (κ3) is 1.05. The van der Waals surface area contributed by atoms with Crippen LogP contribution in [0, 0.1) is 5.41 Å². The second-order valence-corrected chi connectivity index (χ2v) is 3.22. The average Bonchev–Trinajstić information content (AvgIpc) is 2.33. The van der Waals surface area contributed by atoms with Crippen LogP contribution < -0.4 is 0 Å². The fourth-order valence-electron chi connectivity index (χ4n) is 1.44. The van der Waals surface area contributed by atoms with Gasteiger partial charge in [-0.1, -0.05) is 17.7 Å². The fraction of sp³-hybridized carbons (Fsp3) is 0.222. The highest BCUT2D eigenvalue weighted by molar-refractivity contribution is 6.31. The molecule has 0 radical (unpaired) electrons. The monoisotopic (exact) mass is 165 g/mol. The van der Waals surface area contributed by atoms with Crippen molar-refractivity contribution in [3.05, 3.63) is 34.3 Å². The van der Waals surface area contributed by atoms with Crippen molar-refractivity contribution in [2.75, 3.05) is 0 Å². The van der Waals surface area contributed by atoms with Crippen molar-refractivity contribution in [1.29, 1.82) is 5.41 Å². The molecule has 0 saturated carbocycles. The topological polar surface area (TPSA) is 23.9 Å². The average molecular weight is 166 g/mol. The number of halogens is 1. The van der Waals surface area contributed by atoms with Crippen LogP contribution >= 0.6 is 11.6 Å². The van der Waals surface area contributed by atoms with Crippen molar-refractivity contribution in [3.63, 3.8) is 0 Å². The number of hydrogen-bond donors (Lipinski definition) is 1. The van der Waals surface area contributed by atoms with Gasteiger partial charge >= 0.3 is 0 Å². The first-order valence-electron chi connectivity index (χ1n) is 3.63. The molecule has 2 heteroatoms. The van der Waals surface area contributed by atoms with E-state index in [4.69, 9.17) is 17.0 Å². The second-order valence-electron chi connectivity index (χ2n) is 2.78. The predicted molar refractivity (Wildman–Crippen MR) is 46.6 cm³/mol. The van der Waals surface area contributed by atoms with E-state index in [1.165, 1.54) is 5.56 Å². The summed E-state index contributed by atoms with van der Waals surface area (Å²) >= 11 is 5.79. The van der Waals surface area contributed by atoms with Crippen molar-refractivity contribution in [2.45, 2.75) is 12.8 Å². The lowest BCUT2D eigenvalue weighted by atomic mass is 10.1. The molecule has 56 valence electrons. The zero-order valence-corrected chi connectivity index (χ0v) is 6.78. The summed E-state index contributed by atoms with van der Waals surface area (Å²) in [7, 11) is 0. The maximum Gasteiger partial charge on any atom is 0.0412 e. The molecule has 0 fully saturated rings. The number of nitrogens with one attached hydrogen (secondary N) is 1. The Morgan fingerprint density at radius 3 is 2.91 bits per heavy atom. The van der Waals surface area contributed by atoms with Gasteiger partial charge in [0, 0.05) is 10.7 Å². The first kappa shape index (κ1) is 6.86. The third-order valence-corrected chi connectivity index (χ3v) is 2.28. The summed E-state index contributed by atoms with van der Waals surface area (Å²) in [5.74, 6) is 0. The van der Waals surface area contributed by atoms with Crippen LogP contribution in [0.15, 0.2) is 18.2 Å². The van der Waals surface area contributed by atoms with Gasteiger partial charge in [-0.25, -0.2) is 0 Å². The molecule has 1 aliphatic rings. The lowest BCUT2D eigenvalue weighted by Gasteiger charge is -1.97. The number of fused-ring (bicyclic) bond motifs is 1. The summed E-state index contributed by atoms with van der Waals surface area (Å²) in [5, 5.41) is 8.30. The lowest BCUT2D eigenvalue weighted by Crippen LogP contribution is -1.89. The largest absolute Gasteiger partial charge is 0.305 e. The van der Waals surface area contributed by atoms with Gasteiger partial charge in [-0.2, -0.15) is 0 Å². The van der Waals surface area contributed by atoms with Gasteiger partial charge < -0.3 is 5.41 Å². The summed E-state index contributed by atoms with van der Waals surface area (Å²) in [4.78, 5) is 0. The lowest BCUT2D eigenvalue weighted by molar-refractivity contribution is 1.09. The molecule has 0 aromatic heterocycles. The van der Waals surface area contributed by atoms with E-state index < -0.39 is 0 Å². The maximum absolute atomic E-state index is 7.57. The van der Waals surface area contributed by atoms with Crippen LogP contribution in [0.2, 0.25) is 5.02 Å². The molecule has 2 rings (SSSR count). The maximum atomic E-state index is 7.57. The summed E-state index contributed by atoms with van der Waals surface area (Å²) in [6, 6.07) is 5.78. The van der Waals surface area contributed by atoms with Crippen molar-refractivity contribution >= 4 is 17.3 Å². The summed E-state index contributed by atoms with van der Waals surface area (Å²) in [6.07, 6.45) is 1.88. The highest BCUT2D eigenvalue weighted by Gasteiger charge is 2.15. The molecule has 0 aliphatic heterocycles. The second kappa shape index (κ2) is 2.35. The van der Waals surface area contributed by atoms with E-state index in [1.807, 2.05) is 18.2 Å². The Hall–Kier alpha value is -0.820. The van der Waals surface area contributed by atoms with E-state index >= 15 is 0 Å². The van der Waals surface area contributed by atoms with E-state index in [0.29, 0.717) is 0 Å². The number of benzene rings is 1. The first-order chi connectivity index (χ1) is 5.27. The van der Waals surface area contributed by atoms with Gasteiger partial charge in [-0.05, 0) is 36.1 Å². The minimum atomic E-state index is 0.725. The van der Waals surface area contributed by atoms with Crippen molar-refractivity contribution in [1.82, 2.24) is 0 Å². The SMILES string of the molecule is N=C1CCc2ccc(Cl)cc21. The smallest absolute Gasteiger partial charge is 0.0412 e. The predicted octanol–water partition coefficient (Wildman–Crippen LogP) is 2.65. The van der Waals surface area contributed by atoms with Crippen LogP contribution in [0.25, 0.3) is 0 Å². The standard InChI is InChI=1S/C9H8ClN/c10-7-3-1-6-2-4-9(11)8(6)5-7/h1,3,5,11H,2,4H2. The molecule has 0 unspecified atom stereocenters. The molecule has 1 aliphatic carbocycles. The fourth-order valence-corrected chi connectivity index (χ4v) is 1.61. The molecule has 1 aromatic rings. The van der Waals surface area contributed by atoms with Crippen molar-refractivity contribution in [3.8, 4) is 0 Å². The van der Waals surface area contributed by atoms with Gasteiger partial charge in [0.1, 0.15) is 0 Å². The molecular weight excluding hydrogens is 158 g/mol. The summed E-state index contributed by atoms with van der Waals surface area (Å²) in [5.41, 5.74) is 3.03. The third-order valence-electron chi connectivity index (χ3n) is 2.04.